The number of carbonyl (C=O) groups excluding carboxylic acids is 1. The molecule has 8 nitrogen and oxygen atoms in total. The molecule has 0 atom stereocenters. The molecule has 3 aromatic rings. The maximum absolute atomic E-state index is 12.6. The predicted octanol–water partition coefficient (Wildman–Crippen LogP) is 3.44. The van der Waals surface area contributed by atoms with Crippen molar-refractivity contribution in [1.82, 2.24) is 15.3 Å². The van der Waals surface area contributed by atoms with E-state index in [4.69, 9.17) is 14.2 Å². The molecule has 0 spiro atoms. The van der Waals surface area contributed by atoms with Crippen molar-refractivity contribution in [3.63, 3.8) is 0 Å². The number of rotatable bonds is 11. The fourth-order valence-electron chi connectivity index (χ4n) is 3.28. The normalized spacial score (nSPS) is 10.8. The van der Waals surface area contributed by atoms with Crippen LogP contribution < -0.4 is 20.1 Å². The van der Waals surface area contributed by atoms with Crippen LogP contribution in [0.15, 0.2) is 24.5 Å². The fraction of sp³-hybridized carbons (Fsp3) is 0.409. The Labute approximate surface area is 186 Å². The highest BCUT2D eigenvalue weighted by molar-refractivity contribution is 7.20. The molecule has 1 amide bonds. The summed E-state index contributed by atoms with van der Waals surface area (Å²) in [5.74, 6) is 2.06. The van der Waals surface area contributed by atoms with E-state index in [2.05, 4.69) is 20.6 Å². The van der Waals surface area contributed by atoms with Crippen molar-refractivity contribution >= 4 is 33.3 Å². The molecular formula is C22H28N4O4S. The summed E-state index contributed by atoms with van der Waals surface area (Å²) >= 11 is 1.38. The summed E-state index contributed by atoms with van der Waals surface area (Å²) in [6.45, 7) is 3.80. The fourth-order valence-corrected chi connectivity index (χ4v) is 4.35. The minimum absolute atomic E-state index is 0.0899. The molecule has 0 aliphatic carbocycles. The van der Waals surface area contributed by atoms with E-state index in [1.54, 1.807) is 21.3 Å². The highest BCUT2D eigenvalue weighted by Gasteiger charge is 2.19. The number of anilines is 1. The first-order chi connectivity index (χ1) is 15.1. The second kappa shape index (κ2) is 10.9. The summed E-state index contributed by atoms with van der Waals surface area (Å²) < 4.78 is 15.7. The Hall–Kier alpha value is -2.91. The average molecular weight is 445 g/mol. The van der Waals surface area contributed by atoms with Crippen LogP contribution in [0.3, 0.4) is 0 Å². The smallest absolute Gasteiger partial charge is 0.261 e. The third kappa shape index (κ3) is 5.42. The molecule has 2 heterocycles. The Balaban J connectivity index is 1.70. The molecule has 2 aromatic heterocycles. The Morgan fingerprint density at radius 1 is 1.10 bits per heavy atom. The molecule has 0 radical (unpaired) electrons. The zero-order valence-corrected chi connectivity index (χ0v) is 19.1. The number of ether oxygens (including phenoxy) is 3. The largest absolute Gasteiger partial charge is 0.493 e. The van der Waals surface area contributed by atoms with E-state index < -0.39 is 0 Å². The number of hydrogen-bond acceptors (Lipinski definition) is 8. The number of nitrogens with one attached hydrogen (secondary N) is 2. The summed E-state index contributed by atoms with van der Waals surface area (Å²) in [5, 5.41) is 7.22. The number of aryl methyl sites for hydroxylation is 1. The number of aromatic nitrogens is 2. The van der Waals surface area contributed by atoms with Gasteiger partial charge in [0.15, 0.2) is 11.5 Å². The van der Waals surface area contributed by atoms with Gasteiger partial charge in [-0.15, -0.1) is 11.3 Å². The van der Waals surface area contributed by atoms with Crippen LogP contribution in [0.1, 0.15) is 27.2 Å². The summed E-state index contributed by atoms with van der Waals surface area (Å²) in [5.41, 5.74) is 2.01. The number of thiophene rings is 1. The molecule has 0 bridgehead atoms. The first kappa shape index (κ1) is 22.8. The second-order valence-corrected chi connectivity index (χ2v) is 7.93. The Morgan fingerprint density at radius 3 is 2.65 bits per heavy atom. The number of fused-ring (bicyclic) bond motifs is 1. The van der Waals surface area contributed by atoms with Gasteiger partial charge in [0.2, 0.25) is 0 Å². The first-order valence-electron chi connectivity index (χ1n) is 10.0. The van der Waals surface area contributed by atoms with E-state index in [1.165, 1.54) is 17.7 Å². The molecular weight excluding hydrogens is 416 g/mol. The van der Waals surface area contributed by atoms with Crippen LogP contribution >= 0.6 is 11.3 Å². The minimum atomic E-state index is -0.0899. The predicted molar refractivity (Wildman–Crippen MR) is 123 cm³/mol. The third-order valence-corrected chi connectivity index (χ3v) is 6.10. The molecule has 9 heteroatoms. The van der Waals surface area contributed by atoms with Crippen LogP contribution in [0, 0.1) is 6.92 Å². The van der Waals surface area contributed by atoms with Crippen LogP contribution in [0.2, 0.25) is 0 Å². The molecule has 166 valence electrons. The lowest BCUT2D eigenvalue weighted by Gasteiger charge is -2.11. The highest BCUT2D eigenvalue weighted by Crippen LogP contribution is 2.33. The van der Waals surface area contributed by atoms with Crippen molar-refractivity contribution in [3.8, 4) is 11.5 Å². The lowest BCUT2D eigenvalue weighted by atomic mass is 10.1. The topological polar surface area (TPSA) is 94.6 Å². The molecule has 0 aliphatic heterocycles. The van der Waals surface area contributed by atoms with Gasteiger partial charge in [0.1, 0.15) is 17.0 Å². The molecule has 1 aromatic carbocycles. The Morgan fingerprint density at radius 2 is 1.90 bits per heavy atom. The SMILES string of the molecule is COCCCNC(=O)c1sc2ncnc(NCCc3ccc(OC)c(OC)c3)c2c1C. The van der Waals surface area contributed by atoms with E-state index in [9.17, 15) is 4.79 Å². The number of hydrogen-bond donors (Lipinski definition) is 2. The van der Waals surface area contributed by atoms with Crippen LogP contribution in [-0.2, 0) is 11.2 Å². The monoisotopic (exact) mass is 444 g/mol. The van der Waals surface area contributed by atoms with E-state index in [-0.39, 0.29) is 5.91 Å². The molecule has 0 saturated heterocycles. The van der Waals surface area contributed by atoms with Crippen LogP contribution in [0.25, 0.3) is 10.2 Å². The van der Waals surface area contributed by atoms with E-state index in [0.29, 0.717) is 36.1 Å². The Bertz CT molecular complexity index is 1040. The maximum Gasteiger partial charge on any atom is 0.261 e. The van der Waals surface area contributed by atoms with Crippen molar-refractivity contribution in [2.45, 2.75) is 19.8 Å². The van der Waals surface area contributed by atoms with Crippen molar-refractivity contribution in [2.24, 2.45) is 0 Å². The standard InChI is InChI=1S/C22H28N4O4S/c1-14-18-20(23-10-8-15-6-7-16(29-3)17(12-15)30-4)25-13-26-22(18)31-19(14)21(27)24-9-5-11-28-2/h6-7,12-13H,5,8-11H2,1-4H3,(H,24,27)(H,23,25,26). The van der Waals surface area contributed by atoms with E-state index >= 15 is 0 Å². The van der Waals surface area contributed by atoms with Gasteiger partial charge in [0.25, 0.3) is 5.91 Å². The van der Waals surface area contributed by atoms with Gasteiger partial charge in [-0.3, -0.25) is 4.79 Å². The Kier molecular flexibility index (Phi) is 8.02. The number of amides is 1. The summed E-state index contributed by atoms with van der Waals surface area (Å²) in [4.78, 5) is 22.8. The molecule has 0 unspecified atom stereocenters. The van der Waals surface area contributed by atoms with Crippen LogP contribution in [-0.4, -0.2) is 56.9 Å². The van der Waals surface area contributed by atoms with Gasteiger partial charge in [-0.1, -0.05) is 6.07 Å². The maximum atomic E-state index is 12.6. The van der Waals surface area contributed by atoms with Crippen molar-refractivity contribution < 1.29 is 19.0 Å². The van der Waals surface area contributed by atoms with Crippen molar-refractivity contribution in [3.05, 3.63) is 40.5 Å². The van der Waals surface area contributed by atoms with Gasteiger partial charge >= 0.3 is 0 Å². The molecule has 0 fully saturated rings. The molecule has 0 aliphatic rings. The number of nitrogens with zero attached hydrogens (tertiary/aromatic N) is 2. The first-order valence-corrected chi connectivity index (χ1v) is 10.9. The summed E-state index contributed by atoms with van der Waals surface area (Å²) in [7, 11) is 4.90. The molecule has 3 rings (SSSR count). The van der Waals surface area contributed by atoms with Gasteiger partial charge in [0, 0.05) is 26.8 Å². The van der Waals surface area contributed by atoms with Crippen LogP contribution in [0.5, 0.6) is 11.5 Å². The van der Waals surface area contributed by atoms with Crippen molar-refractivity contribution in [2.75, 3.05) is 46.3 Å². The molecule has 0 saturated carbocycles. The number of carbonyl (C=O) groups is 1. The van der Waals surface area contributed by atoms with Gasteiger partial charge in [-0.05, 0) is 43.0 Å². The zero-order chi connectivity index (χ0) is 22.2. The second-order valence-electron chi connectivity index (χ2n) is 6.93. The quantitative estimate of drug-likeness (QED) is 0.438. The number of methoxy groups -OCH3 is 3. The van der Waals surface area contributed by atoms with Crippen LogP contribution in [0.4, 0.5) is 5.82 Å². The average Bonchev–Trinajstić information content (AvgIpc) is 3.14. The summed E-state index contributed by atoms with van der Waals surface area (Å²) in [6.07, 6.45) is 3.08. The zero-order valence-electron chi connectivity index (χ0n) is 18.3. The van der Waals surface area contributed by atoms with Gasteiger partial charge in [-0.2, -0.15) is 0 Å². The highest BCUT2D eigenvalue weighted by atomic mass is 32.1. The lowest BCUT2D eigenvalue weighted by molar-refractivity contribution is 0.0952. The summed E-state index contributed by atoms with van der Waals surface area (Å²) in [6, 6.07) is 5.88. The minimum Gasteiger partial charge on any atom is -0.493 e. The number of benzene rings is 1. The van der Waals surface area contributed by atoms with Gasteiger partial charge in [0.05, 0.1) is 24.5 Å². The lowest BCUT2D eigenvalue weighted by Crippen LogP contribution is -2.24. The third-order valence-electron chi connectivity index (χ3n) is 4.90. The molecule has 2 N–H and O–H groups in total. The van der Waals surface area contributed by atoms with E-state index in [0.717, 1.165) is 40.0 Å². The van der Waals surface area contributed by atoms with E-state index in [1.807, 2.05) is 25.1 Å². The van der Waals surface area contributed by atoms with Crippen molar-refractivity contribution in [1.29, 1.82) is 0 Å². The molecule has 31 heavy (non-hydrogen) atoms. The van der Waals surface area contributed by atoms with Gasteiger partial charge < -0.3 is 24.8 Å². The van der Waals surface area contributed by atoms with Gasteiger partial charge in [-0.25, -0.2) is 9.97 Å².